The summed E-state index contributed by atoms with van der Waals surface area (Å²) in [7, 11) is 3.53. The van der Waals surface area contributed by atoms with E-state index in [9.17, 15) is 0 Å². The molecule has 5 nitrogen and oxygen atoms in total. The highest BCUT2D eigenvalue weighted by atomic mass is 32.1. The summed E-state index contributed by atoms with van der Waals surface area (Å²) >= 11 is 1.59. The Morgan fingerprint density at radius 3 is 2.94 bits per heavy atom. The van der Waals surface area contributed by atoms with Crippen LogP contribution in [-0.2, 0) is 7.05 Å². The first-order valence-corrected chi connectivity index (χ1v) is 5.71. The molecule has 0 aliphatic rings. The number of methoxy groups -OCH3 is 1. The molecule has 2 heterocycles. The van der Waals surface area contributed by atoms with Crippen LogP contribution in [0.2, 0.25) is 0 Å². The van der Waals surface area contributed by atoms with Gasteiger partial charge in [0.15, 0.2) is 0 Å². The lowest BCUT2D eigenvalue weighted by Crippen LogP contribution is -2.28. The van der Waals surface area contributed by atoms with Crippen LogP contribution < -0.4 is 16.0 Å². The van der Waals surface area contributed by atoms with E-state index in [4.69, 9.17) is 10.6 Å². The number of nitrogens with one attached hydrogen (secondary N) is 1. The van der Waals surface area contributed by atoms with Gasteiger partial charge in [0.1, 0.15) is 11.8 Å². The lowest BCUT2D eigenvalue weighted by Gasteiger charge is -2.13. The molecule has 0 saturated heterocycles. The first kappa shape index (κ1) is 11.1. The SMILES string of the molecule is COc1ccsc1C(NN)c1ccn(C)n1. The Morgan fingerprint density at radius 2 is 2.38 bits per heavy atom. The van der Waals surface area contributed by atoms with Crippen LogP contribution in [0.1, 0.15) is 16.6 Å². The van der Waals surface area contributed by atoms with E-state index in [0.29, 0.717) is 0 Å². The highest BCUT2D eigenvalue weighted by Gasteiger charge is 2.20. The van der Waals surface area contributed by atoms with Gasteiger partial charge >= 0.3 is 0 Å². The van der Waals surface area contributed by atoms with Crippen molar-refractivity contribution in [3.63, 3.8) is 0 Å². The average molecular weight is 238 g/mol. The molecule has 0 saturated carbocycles. The summed E-state index contributed by atoms with van der Waals surface area (Å²) in [6, 6.07) is 3.73. The molecular weight excluding hydrogens is 224 g/mol. The second kappa shape index (κ2) is 4.65. The number of thiophene rings is 1. The summed E-state index contributed by atoms with van der Waals surface area (Å²) in [5.74, 6) is 6.41. The van der Waals surface area contributed by atoms with E-state index in [0.717, 1.165) is 16.3 Å². The molecular formula is C10H14N4OS. The van der Waals surface area contributed by atoms with Crippen molar-refractivity contribution < 1.29 is 4.74 Å². The van der Waals surface area contributed by atoms with E-state index >= 15 is 0 Å². The summed E-state index contributed by atoms with van der Waals surface area (Å²) in [5.41, 5.74) is 3.64. The van der Waals surface area contributed by atoms with Crippen LogP contribution in [0.15, 0.2) is 23.7 Å². The molecule has 0 aliphatic carbocycles. The highest BCUT2D eigenvalue weighted by Crippen LogP contribution is 2.33. The van der Waals surface area contributed by atoms with E-state index in [2.05, 4.69) is 10.5 Å². The Labute approximate surface area is 97.8 Å². The summed E-state index contributed by atoms with van der Waals surface area (Å²) in [6.07, 6.45) is 1.89. The zero-order chi connectivity index (χ0) is 11.5. The predicted octanol–water partition coefficient (Wildman–Crippen LogP) is 1.04. The summed E-state index contributed by atoms with van der Waals surface area (Å²) in [5, 5.41) is 6.31. The third kappa shape index (κ3) is 1.95. The Bertz CT molecular complexity index is 465. The summed E-state index contributed by atoms with van der Waals surface area (Å²) < 4.78 is 7.03. The van der Waals surface area contributed by atoms with Crippen molar-refractivity contribution in [1.29, 1.82) is 0 Å². The van der Waals surface area contributed by atoms with Crippen LogP contribution >= 0.6 is 11.3 Å². The van der Waals surface area contributed by atoms with Crippen molar-refractivity contribution in [2.75, 3.05) is 7.11 Å². The molecule has 2 aromatic heterocycles. The Morgan fingerprint density at radius 1 is 1.56 bits per heavy atom. The first-order chi connectivity index (χ1) is 7.76. The largest absolute Gasteiger partial charge is 0.496 e. The number of nitrogens with two attached hydrogens (primary N) is 1. The molecule has 0 spiro atoms. The minimum atomic E-state index is -0.129. The number of ether oxygens (including phenoxy) is 1. The number of hydrogen-bond donors (Lipinski definition) is 2. The highest BCUT2D eigenvalue weighted by molar-refractivity contribution is 7.10. The van der Waals surface area contributed by atoms with E-state index in [1.807, 2.05) is 30.8 Å². The van der Waals surface area contributed by atoms with Gasteiger partial charge in [-0.1, -0.05) is 0 Å². The fourth-order valence-corrected chi connectivity index (χ4v) is 2.50. The molecule has 3 N–H and O–H groups in total. The molecule has 0 radical (unpaired) electrons. The number of nitrogens with zero attached hydrogens (tertiary/aromatic N) is 2. The third-order valence-corrected chi connectivity index (χ3v) is 3.30. The Hall–Kier alpha value is -1.37. The molecule has 2 aromatic rings. The van der Waals surface area contributed by atoms with Crippen molar-refractivity contribution in [2.24, 2.45) is 12.9 Å². The van der Waals surface area contributed by atoms with Crippen LogP contribution in [0.4, 0.5) is 0 Å². The normalized spacial score (nSPS) is 12.7. The van der Waals surface area contributed by atoms with E-state index < -0.39 is 0 Å². The van der Waals surface area contributed by atoms with Crippen LogP contribution in [0.25, 0.3) is 0 Å². The van der Waals surface area contributed by atoms with Gasteiger partial charge in [0, 0.05) is 13.2 Å². The predicted molar refractivity (Wildman–Crippen MR) is 63.2 cm³/mol. The zero-order valence-electron chi connectivity index (χ0n) is 9.18. The minimum absolute atomic E-state index is 0.129. The first-order valence-electron chi connectivity index (χ1n) is 4.83. The van der Waals surface area contributed by atoms with Gasteiger partial charge in [0.25, 0.3) is 0 Å². The van der Waals surface area contributed by atoms with Crippen molar-refractivity contribution in [3.8, 4) is 5.75 Å². The maximum Gasteiger partial charge on any atom is 0.134 e. The summed E-state index contributed by atoms with van der Waals surface area (Å²) in [6.45, 7) is 0. The molecule has 1 unspecified atom stereocenters. The van der Waals surface area contributed by atoms with Gasteiger partial charge in [-0.05, 0) is 17.5 Å². The molecule has 0 bridgehead atoms. The van der Waals surface area contributed by atoms with Crippen molar-refractivity contribution >= 4 is 11.3 Å². The number of hydrazine groups is 1. The second-order valence-corrected chi connectivity index (χ2v) is 4.31. The fraction of sp³-hybridized carbons (Fsp3) is 0.300. The molecule has 1 atom stereocenters. The average Bonchev–Trinajstić information content (AvgIpc) is 2.89. The topological polar surface area (TPSA) is 65.1 Å². The third-order valence-electron chi connectivity index (χ3n) is 2.34. The van der Waals surface area contributed by atoms with Gasteiger partial charge in [-0.15, -0.1) is 11.3 Å². The van der Waals surface area contributed by atoms with Crippen molar-refractivity contribution in [1.82, 2.24) is 15.2 Å². The lowest BCUT2D eigenvalue weighted by molar-refractivity contribution is 0.407. The molecule has 0 aliphatic heterocycles. The Kier molecular flexibility index (Phi) is 3.23. The van der Waals surface area contributed by atoms with Gasteiger partial charge in [-0.25, -0.2) is 5.43 Å². The molecule has 0 fully saturated rings. The molecule has 0 aromatic carbocycles. The van der Waals surface area contributed by atoms with E-state index in [1.54, 1.807) is 23.1 Å². The van der Waals surface area contributed by atoms with Crippen molar-refractivity contribution in [2.45, 2.75) is 6.04 Å². The maximum atomic E-state index is 5.58. The van der Waals surface area contributed by atoms with Crippen LogP contribution in [0.3, 0.4) is 0 Å². The molecule has 16 heavy (non-hydrogen) atoms. The summed E-state index contributed by atoms with van der Waals surface area (Å²) in [4.78, 5) is 1.03. The molecule has 0 amide bonds. The number of aromatic nitrogens is 2. The number of aryl methyl sites for hydroxylation is 1. The van der Waals surface area contributed by atoms with E-state index in [1.165, 1.54) is 0 Å². The molecule has 2 rings (SSSR count). The van der Waals surface area contributed by atoms with E-state index in [-0.39, 0.29) is 6.04 Å². The van der Waals surface area contributed by atoms with Gasteiger partial charge in [-0.2, -0.15) is 5.10 Å². The van der Waals surface area contributed by atoms with Crippen LogP contribution in [-0.4, -0.2) is 16.9 Å². The van der Waals surface area contributed by atoms with Gasteiger partial charge in [-0.3, -0.25) is 10.5 Å². The lowest BCUT2D eigenvalue weighted by atomic mass is 10.2. The van der Waals surface area contributed by atoms with Crippen molar-refractivity contribution in [3.05, 3.63) is 34.3 Å². The maximum absolute atomic E-state index is 5.58. The van der Waals surface area contributed by atoms with Gasteiger partial charge < -0.3 is 4.74 Å². The standard InChI is InChI=1S/C10H14N4OS/c1-14-5-3-7(13-14)9(12-11)10-8(15-2)4-6-16-10/h3-6,9,12H,11H2,1-2H3. The monoisotopic (exact) mass is 238 g/mol. The fourth-order valence-electron chi connectivity index (χ4n) is 1.57. The smallest absolute Gasteiger partial charge is 0.134 e. The van der Waals surface area contributed by atoms with Crippen LogP contribution in [0.5, 0.6) is 5.75 Å². The number of hydrogen-bond acceptors (Lipinski definition) is 5. The number of rotatable bonds is 4. The quantitative estimate of drug-likeness (QED) is 0.617. The Balaban J connectivity index is 2.36. The van der Waals surface area contributed by atoms with Crippen LogP contribution in [0, 0.1) is 0 Å². The molecule has 86 valence electrons. The molecule has 6 heteroatoms. The van der Waals surface area contributed by atoms with Gasteiger partial charge in [0.2, 0.25) is 0 Å². The minimum Gasteiger partial charge on any atom is -0.496 e. The zero-order valence-corrected chi connectivity index (χ0v) is 9.99. The second-order valence-electron chi connectivity index (χ2n) is 3.37. The van der Waals surface area contributed by atoms with Gasteiger partial charge in [0.05, 0.1) is 17.7 Å².